The minimum absolute atomic E-state index is 0.0524. The number of fused-ring (bicyclic) bond motifs is 1. The fourth-order valence-electron chi connectivity index (χ4n) is 3.44. The van der Waals surface area contributed by atoms with Crippen molar-refractivity contribution in [1.29, 1.82) is 0 Å². The number of nitrogens with zero attached hydrogens (tertiary/aromatic N) is 1. The average molecular weight is 397 g/mol. The molecule has 0 radical (unpaired) electrons. The number of benzene rings is 2. The zero-order chi connectivity index (χ0) is 20.2. The molecule has 152 valence electrons. The summed E-state index contributed by atoms with van der Waals surface area (Å²) in [7, 11) is 0. The highest BCUT2D eigenvalue weighted by atomic mass is 16.7. The number of ether oxygens (including phenoxy) is 3. The molecular formula is C21H23N3O5. The lowest BCUT2D eigenvalue weighted by molar-refractivity contribution is -0.117. The number of anilines is 2. The summed E-state index contributed by atoms with van der Waals surface area (Å²) in [5, 5.41) is 5.61. The summed E-state index contributed by atoms with van der Waals surface area (Å²) < 4.78 is 16.0. The smallest absolute Gasteiger partial charge is 0.319 e. The predicted molar refractivity (Wildman–Crippen MR) is 108 cm³/mol. The zero-order valence-corrected chi connectivity index (χ0v) is 16.1. The fourth-order valence-corrected chi connectivity index (χ4v) is 3.44. The summed E-state index contributed by atoms with van der Waals surface area (Å²) in [4.78, 5) is 26.3. The third-order valence-corrected chi connectivity index (χ3v) is 4.85. The topological polar surface area (TPSA) is 89.1 Å². The molecular weight excluding hydrogens is 374 g/mol. The molecule has 0 unspecified atom stereocenters. The normalized spacial score (nSPS) is 17.3. The lowest BCUT2D eigenvalue weighted by Crippen LogP contribution is -2.34. The Labute approximate surface area is 168 Å². The van der Waals surface area contributed by atoms with E-state index in [0.717, 1.165) is 11.4 Å². The van der Waals surface area contributed by atoms with Gasteiger partial charge in [-0.2, -0.15) is 0 Å². The van der Waals surface area contributed by atoms with Gasteiger partial charge in [0.1, 0.15) is 5.75 Å². The summed E-state index contributed by atoms with van der Waals surface area (Å²) in [6.45, 7) is 3.70. The minimum Gasteiger partial charge on any atom is -0.494 e. The van der Waals surface area contributed by atoms with Crippen molar-refractivity contribution in [3.05, 3.63) is 42.5 Å². The molecule has 29 heavy (non-hydrogen) atoms. The van der Waals surface area contributed by atoms with Crippen molar-refractivity contribution >= 4 is 23.3 Å². The largest absolute Gasteiger partial charge is 0.494 e. The number of hydrogen-bond acceptors (Lipinski definition) is 5. The quantitative estimate of drug-likeness (QED) is 0.782. The Morgan fingerprint density at radius 2 is 1.97 bits per heavy atom. The van der Waals surface area contributed by atoms with Crippen LogP contribution in [0.15, 0.2) is 42.5 Å². The number of carbonyl (C=O) groups excluding carboxylic acids is 2. The van der Waals surface area contributed by atoms with E-state index in [1.54, 1.807) is 23.1 Å². The van der Waals surface area contributed by atoms with Gasteiger partial charge in [0, 0.05) is 42.9 Å². The highest BCUT2D eigenvalue weighted by molar-refractivity contribution is 5.96. The van der Waals surface area contributed by atoms with Gasteiger partial charge in [-0.1, -0.05) is 0 Å². The molecule has 2 aromatic carbocycles. The summed E-state index contributed by atoms with van der Waals surface area (Å²) in [6.07, 6.45) is 0.400. The molecule has 8 nitrogen and oxygen atoms in total. The summed E-state index contributed by atoms with van der Waals surface area (Å²) in [5.41, 5.74) is 1.45. The van der Waals surface area contributed by atoms with E-state index >= 15 is 0 Å². The second-order valence-electron chi connectivity index (χ2n) is 6.90. The molecule has 0 aromatic heterocycles. The Hall–Kier alpha value is -3.42. The Morgan fingerprint density at radius 3 is 2.76 bits per heavy atom. The average Bonchev–Trinajstić information content (AvgIpc) is 3.33. The van der Waals surface area contributed by atoms with E-state index in [4.69, 9.17) is 14.2 Å². The first-order valence-electron chi connectivity index (χ1n) is 9.60. The second-order valence-corrected chi connectivity index (χ2v) is 6.90. The lowest BCUT2D eigenvalue weighted by Gasteiger charge is -2.17. The predicted octanol–water partition coefficient (Wildman–Crippen LogP) is 2.99. The Kier molecular flexibility index (Phi) is 5.41. The number of carbonyl (C=O) groups is 2. The maximum Gasteiger partial charge on any atom is 0.319 e. The molecule has 4 rings (SSSR count). The second kappa shape index (κ2) is 8.30. The van der Waals surface area contributed by atoms with Gasteiger partial charge >= 0.3 is 6.03 Å². The van der Waals surface area contributed by atoms with E-state index in [1.165, 1.54) is 0 Å². The summed E-state index contributed by atoms with van der Waals surface area (Å²) in [6, 6.07) is 12.4. The number of rotatable bonds is 6. The highest BCUT2D eigenvalue weighted by Crippen LogP contribution is 2.34. The number of hydrogen-bond donors (Lipinski definition) is 2. The van der Waals surface area contributed by atoms with Gasteiger partial charge in [0.2, 0.25) is 12.7 Å². The van der Waals surface area contributed by atoms with Crippen LogP contribution in [0.3, 0.4) is 0 Å². The van der Waals surface area contributed by atoms with Gasteiger partial charge in [0.15, 0.2) is 11.5 Å². The Balaban J connectivity index is 1.28. The van der Waals surface area contributed by atoms with Crippen molar-refractivity contribution in [2.45, 2.75) is 13.3 Å². The number of amides is 3. The Morgan fingerprint density at radius 1 is 1.17 bits per heavy atom. The van der Waals surface area contributed by atoms with Crippen LogP contribution < -0.4 is 29.7 Å². The third-order valence-electron chi connectivity index (χ3n) is 4.85. The molecule has 0 bridgehead atoms. The van der Waals surface area contributed by atoms with Crippen molar-refractivity contribution in [3.8, 4) is 17.2 Å². The molecule has 2 heterocycles. The molecule has 2 aliphatic rings. The van der Waals surface area contributed by atoms with E-state index in [2.05, 4.69) is 10.6 Å². The molecule has 0 spiro atoms. The van der Waals surface area contributed by atoms with E-state index in [1.807, 2.05) is 31.2 Å². The third kappa shape index (κ3) is 4.37. The van der Waals surface area contributed by atoms with Crippen LogP contribution in [-0.4, -0.2) is 38.4 Å². The van der Waals surface area contributed by atoms with Crippen LogP contribution in [0.1, 0.15) is 13.3 Å². The highest BCUT2D eigenvalue weighted by Gasteiger charge is 2.30. The van der Waals surface area contributed by atoms with Gasteiger partial charge in [-0.25, -0.2) is 4.79 Å². The van der Waals surface area contributed by atoms with Gasteiger partial charge in [0.25, 0.3) is 0 Å². The first-order chi connectivity index (χ1) is 14.1. The maximum absolute atomic E-state index is 12.4. The molecule has 0 aliphatic carbocycles. The van der Waals surface area contributed by atoms with Crippen LogP contribution in [0, 0.1) is 5.92 Å². The van der Waals surface area contributed by atoms with Crippen LogP contribution >= 0.6 is 0 Å². The molecule has 2 aromatic rings. The number of nitrogens with one attached hydrogen (secondary N) is 2. The van der Waals surface area contributed by atoms with Crippen LogP contribution in [0.4, 0.5) is 16.2 Å². The number of urea groups is 1. The van der Waals surface area contributed by atoms with Crippen LogP contribution in [-0.2, 0) is 4.79 Å². The summed E-state index contributed by atoms with van der Waals surface area (Å²) >= 11 is 0. The van der Waals surface area contributed by atoms with Crippen molar-refractivity contribution < 1.29 is 23.8 Å². The molecule has 1 atom stereocenters. The molecule has 0 saturated carbocycles. The van der Waals surface area contributed by atoms with Crippen molar-refractivity contribution in [1.82, 2.24) is 5.32 Å². The van der Waals surface area contributed by atoms with E-state index in [9.17, 15) is 9.59 Å². The molecule has 8 heteroatoms. The SMILES string of the molecule is CCOc1ccc(N2C[C@@H](CNC(=O)Nc3ccc4c(c3)OCO4)CC2=O)cc1. The standard InChI is InChI=1S/C21H23N3O5/c1-2-27-17-6-4-16(5-7-17)24-12-14(9-20(24)25)11-22-21(26)23-15-3-8-18-19(10-15)29-13-28-18/h3-8,10,14H,2,9,11-13H2,1H3,(H2,22,23,26)/t14-/m1/s1. The first kappa shape index (κ1) is 18.9. The van der Waals surface area contributed by atoms with E-state index in [-0.39, 0.29) is 24.6 Å². The zero-order valence-electron chi connectivity index (χ0n) is 16.1. The van der Waals surface area contributed by atoms with Gasteiger partial charge < -0.3 is 29.7 Å². The van der Waals surface area contributed by atoms with Gasteiger partial charge in [-0.05, 0) is 43.3 Å². The van der Waals surface area contributed by atoms with Gasteiger partial charge in [-0.3, -0.25) is 4.79 Å². The van der Waals surface area contributed by atoms with Crippen molar-refractivity contribution in [3.63, 3.8) is 0 Å². The minimum atomic E-state index is -0.323. The maximum atomic E-state index is 12.4. The van der Waals surface area contributed by atoms with Gasteiger partial charge in [-0.15, -0.1) is 0 Å². The molecule has 2 aliphatic heterocycles. The molecule has 3 amide bonds. The van der Waals surface area contributed by atoms with E-state index in [0.29, 0.717) is 43.3 Å². The Bertz CT molecular complexity index is 900. The summed E-state index contributed by atoms with van der Waals surface area (Å²) in [5.74, 6) is 2.15. The monoisotopic (exact) mass is 397 g/mol. The fraction of sp³-hybridized carbons (Fsp3) is 0.333. The van der Waals surface area contributed by atoms with Crippen LogP contribution in [0.5, 0.6) is 17.2 Å². The first-order valence-corrected chi connectivity index (χ1v) is 9.60. The molecule has 2 N–H and O–H groups in total. The van der Waals surface area contributed by atoms with Crippen LogP contribution in [0.2, 0.25) is 0 Å². The van der Waals surface area contributed by atoms with Gasteiger partial charge in [0.05, 0.1) is 6.61 Å². The lowest BCUT2D eigenvalue weighted by atomic mass is 10.1. The molecule has 1 fully saturated rings. The molecule has 1 saturated heterocycles. The van der Waals surface area contributed by atoms with Crippen molar-refractivity contribution in [2.75, 3.05) is 36.7 Å². The van der Waals surface area contributed by atoms with Crippen molar-refractivity contribution in [2.24, 2.45) is 5.92 Å². The van der Waals surface area contributed by atoms with E-state index < -0.39 is 0 Å². The van der Waals surface area contributed by atoms with Crippen LogP contribution in [0.25, 0.3) is 0 Å².